The van der Waals surface area contributed by atoms with E-state index in [9.17, 15) is 10.1 Å². The van der Waals surface area contributed by atoms with E-state index in [0.717, 1.165) is 11.3 Å². The number of rotatable bonds is 4. The van der Waals surface area contributed by atoms with Crippen LogP contribution in [0.2, 0.25) is 0 Å². The van der Waals surface area contributed by atoms with Gasteiger partial charge in [0.25, 0.3) is 0 Å². The Bertz CT molecular complexity index is 637. The van der Waals surface area contributed by atoms with Crippen LogP contribution in [0.25, 0.3) is 0 Å². The van der Waals surface area contributed by atoms with Gasteiger partial charge in [0.2, 0.25) is 5.75 Å². The second kappa shape index (κ2) is 5.58. The molecule has 0 aliphatic heterocycles. The summed E-state index contributed by atoms with van der Waals surface area (Å²) in [6, 6.07) is 1.54. The Morgan fingerprint density at radius 3 is 2.75 bits per heavy atom. The summed E-state index contributed by atoms with van der Waals surface area (Å²) in [6.07, 6.45) is 2.71. The summed E-state index contributed by atoms with van der Waals surface area (Å²) in [6.45, 7) is 3.73. The Kier molecular flexibility index (Phi) is 4.03. The molecule has 2 heterocycles. The van der Waals surface area contributed by atoms with Gasteiger partial charge in [-0.2, -0.15) is 5.10 Å². The zero-order valence-electron chi connectivity index (χ0n) is 11.2. The lowest BCUT2D eigenvalue weighted by atomic mass is 10.2. The van der Waals surface area contributed by atoms with Gasteiger partial charge in [0.05, 0.1) is 16.4 Å². The summed E-state index contributed by atoms with van der Waals surface area (Å²) in [5, 5.41) is 15.1. The van der Waals surface area contributed by atoms with E-state index in [2.05, 4.69) is 26.0 Å². The summed E-state index contributed by atoms with van der Waals surface area (Å²) in [5.41, 5.74) is 1.82. The SMILES string of the molecule is Cc1cnn(C)c1C(C)Oc1cc(Br)cnc1[N+](=O)[O-]. The zero-order chi connectivity index (χ0) is 14.9. The minimum Gasteiger partial charge on any atom is -0.476 e. The van der Waals surface area contributed by atoms with Crippen molar-refractivity contribution >= 4 is 21.7 Å². The summed E-state index contributed by atoms with van der Waals surface area (Å²) in [7, 11) is 1.80. The number of aryl methyl sites for hydroxylation is 2. The molecule has 0 amide bonds. The van der Waals surface area contributed by atoms with Crippen molar-refractivity contribution in [1.82, 2.24) is 14.8 Å². The molecule has 0 aliphatic rings. The third-order valence-electron chi connectivity index (χ3n) is 2.84. The molecule has 20 heavy (non-hydrogen) atoms. The molecular formula is C12H13BrN4O3. The normalized spacial score (nSPS) is 12.2. The quantitative estimate of drug-likeness (QED) is 0.631. The Morgan fingerprint density at radius 1 is 1.50 bits per heavy atom. The van der Waals surface area contributed by atoms with Crippen molar-refractivity contribution in [3.8, 4) is 5.75 Å². The lowest BCUT2D eigenvalue weighted by molar-refractivity contribution is -0.390. The largest absolute Gasteiger partial charge is 0.476 e. The van der Waals surface area contributed by atoms with E-state index in [4.69, 9.17) is 4.74 Å². The number of pyridine rings is 1. The molecule has 0 fully saturated rings. The van der Waals surface area contributed by atoms with Gasteiger partial charge in [-0.3, -0.25) is 4.68 Å². The van der Waals surface area contributed by atoms with Crippen LogP contribution in [-0.4, -0.2) is 19.7 Å². The van der Waals surface area contributed by atoms with E-state index in [1.165, 1.54) is 12.3 Å². The molecule has 1 atom stereocenters. The molecule has 0 N–H and O–H groups in total. The second-order valence-corrected chi connectivity index (χ2v) is 5.24. The molecule has 2 rings (SSSR count). The van der Waals surface area contributed by atoms with Crippen molar-refractivity contribution < 1.29 is 9.66 Å². The Hall–Kier alpha value is -1.96. The van der Waals surface area contributed by atoms with Crippen LogP contribution in [0.5, 0.6) is 5.75 Å². The molecule has 7 nitrogen and oxygen atoms in total. The Balaban J connectivity index is 2.35. The van der Waals surface area contributed by atoms with E-state index < -0.39 is 4.92 Å². The molecule has 8 heteroatoms. The highest BCUT2D eigenvalue weighted by Crippen LogP contribution is 2.32. The van der Waals surface area contributed by atoms with Gasteiger partial charge in [-0.05, 0) is 45.2 Å². The van der Waals surface area contributed by atoms with Gasteiger partial charge in [-0.25, -0.2) is 0 Å². The smallest absolute Gasteiger partial charge is 0.406 e. The predicted octanol–water partition coefficient (Wildman–Crippen LogP) is 2.93. The first-order chi connectivity index (χ1) is 9.40. The maximum Gasteiger partial charge on any atom is 0.406 e. The van der Waals surface area contributed by atoms with Gasteiger partial charge in [0.1, 0.15) is 6.10 Å². The average Bonchev–Trinajstić information content (AvgIpc) is 2.68. The molecule has 0 aliphatic carbocycles. The second-order valence-electron chi connectivity index (χ2n) is 4.33. The minimum absolute atomic E-state index is 0.123. The van der Waals surface area contributed by atoms with E-state index in [1.54, 1.807) is 17.9 Å². The van der Waals surface area contributed by atoms with E-state index in [0.29, 0.717) is 4.47 Å². The van der Waals surface area contributed by atoms with Crippen molar-refractivity contribution in [2.75, 3.05) is 0 Å². The van der Waals surface area contributed by atoms with Gasteiger partial charge in [-0.15, -0.1) is 0 Å². The van der Waals surface area contributed by atoms with Crippen LogP contribution in [0.3, 0.4) is 0 Å². The van der Waals surface area contributed by atoms with Crippen molar-refractivity contribution in [2.45, 2.75) is 20.0 Å². The van der Waals surface area contributed by atoms with E-state index in [-0.39, 0.29) is 17.7 Å². The van der Waals surface area contributed by atoms with Crippen LogP contribution in [0.4, 0.5) is 5.82 Å². The fourth-order valence-corrected chi connectivity index (χ4v) is 2.33. The molecule has 0 aromatic carbocycles. The van der Waals surface area contributed by atoms with Gasteiger partial charge in [-0.1, -0.05) is 0 Å². The van der Waals surface area contributed by atoms with Crippen molar-refractivity contribution in [3.63, 3.8) is 0 Å². The zero-order valence-corrected chi connectivity index (χ0v) is 12.8. The van der Waals surface area contributed by atoms with Crippen molar-refractivity contribution in [3.05, 3.63) is 44.3 Å². The third kappa shape index (κ3) is 2.79. The van der Waals surface area contributed by atoms with Crippen molar-refractivity contribution in [1.29, 1.82) is 0 Å². The maximum absolute atomic E-state index is 11.0. The topological polar surface area (TPSA) is 83.1 Å². The van der Waals surface area contributed by atoms with Crippen LogP contribution in [0.1, 0.15) is 24.3 Å². The molecule has 0 bridgehead atoms. The Labute approximate surface area is 123 Å². The molecule has 1 unspecified atom stereocenters. The monoisotopic (exact) mass is 340 g/mol. The van der Waals surface area contributed by atoms with Crippen molar-refractivity contribution in [2.24, 2.45) is 7.05 Å². The Morgan fingerprint density at radius 2 is 2.20 bits per heavy atom. The number of aromatic nitrogens is 3. The summed E-state index contributed by atoms with van der Waals surface area (Å²) >= 11 is 3.23. The number of nitro groups is 1. The van der Waals surface area contributed by atoms with Crippen LogP contribution >= 0.6 is 15.9 Å². The molecule has 0 saturated heterocycles. The molecule has 0 spiro atoms. The van der Waals surface area contributed by atoms with E-state index >= 15 is 0 Å². The first-order valence-electron chi connectivity index (χ1n) is 5.85. The average molecular weight is 341 g/mol. The van der Waals surface area contributed by atoms with Crippen LogP contribution in [0, 0.1) is 17.0 Å². The molecule has 2 aromatic heterocycles. The highest BCUT2D eigenvalue weighted by atomic mass is 79.9. The minimum atomic E-state index is -0.565. The molecule has 0 radical (unpaired) electrons. The fourth-order valence-electron chi connectivity index (χ4n) is 2.02. The fraction of sp³-hybridized carbons (Fsp3) is 0.333. The summed E-state index contributed by atoms with van der Waals surface area (Å²) in [5.74, 6) is -0.183. The number of nitrogens with zero attached hydrogens (tertiary/aromatic N) is 4. The number of hydrogen-bond donors (Lipinski definition) is 0. The van der Waals surface area contributed by atoms with Gasteiger partial charge in [0, 0.05) is 13.1 Å². The summed E-state index contributed by atoms with van der Waals surface area (Å²) < 4.78 is 8.01. The van der Waals surface area contributed by atoms with E-state index in [1.807, 2.05) is 13.8 Å². The highest BCUT2D eigenvalue weighted by Gasteiger charge is 2.22. The highest BCUT2D eigenvalue weighted by molar-refractivity contribution is 9.10. The van der Waals surface area contributed by atoms with Crippen LogP contribution < -0.4 is 4.74 Å². The lowest BCUT2D eigenvalue weighted by Gasteiger charge is -2.15. The third-order valence-corrected chi connectivity index (χ3v) is 3.27. The number of hydrogen-bond acceptors (Lipinski definition) is 5. The first-order valence-corrected chi connectivity index (χ1v) is 6.64. The molecular weight excluding hydrogens is 328 g/mol. The van der Waals surface area contributed by atoms with Crippen LogP contribution in [0.15, 0.2) is 22.9 Å². The molecule has 106 valence electrons. The molecule has 0 saturated carbocycles. The standard InChI is InChI=1S/C12H13BrN4O3/c1-7-5-15-16(3)11(7)8(2)20-10-4-9(13)6-14-12(10)17(18)19/h4-6,8H,1-3H3. The predicted molar refractivity (Wildman–Crippen MR) is 75.6 cm³/mol. The lowest BCUT2D eigenvalue weighted by Crippen LogP contribution is -2.11. The van der Waals surface area contributed by atoms with Gasteiger partial charge < -0.3 is 14.9 Å². The van der Waals surface area contributed by atoms with Crippen LogP contribution in [-0.2, 0) is 7.05 Å². The van der Waals surface area contributed by atoms with Gasteiger partial charge >= 0.3 is 5.82 Å². The first kappa shape index (κ1) is 14.4. The maximum atomic E-state index is 11.0. The number of halogens is 1. The number of ether oxygens (including phenoxy) is 1. The summed E-state index contributed by atoms with van der Waals surface area (Å²) in [4.78, 5) is 14.2. The van der Waals surface area contributed by atoms with Gasteiger partial charge in [0.15, 0.2) is 6.20 Å². The molecule has 2 aromatic rings.